The fourth-order valence-electron chi connectivity index (χ4n) is 6.61. The van der Waals surface area contributed by atoms with Crippen LogP contribution in [-0.4, -0.2) is 41.4 Å². The van der Waals surface area contributed by atoms with Crippen molar-refractivity contribution in [3.63, 3.8) is 0 Å². The highest BCUT2D eigenvalue weighted by molar-refractivity contribution is 6.09. The number of amides is 1. The quantitative estimate of drug-likeness (QED) is 0.517. The van der Waals surface area contributed by atoms with Gasteiger partial charge in [0.05, 0.1) is 24.4 Å². The molecule has 8 nitrogen and oxygen atoms in total. The summed E-state index contributed by atoms with van der Waals surface area (Å²) >= 11 is 0. The van der Waals surface area contributed by atoms with Gasteiger partial charge in [-0.25, -0.2) is 18.9 Å². The summed E-state index contributed by atoms with van der Waals surface area (Å²) in [6.45, 7) is 1.38. The zero-order valence-electron chi connectivity index (χ0n) is 19.3. The molecule has 4 N–H and O–H groups in total. The number of nitrogens with one attached hydrogen (secondary N) is 4. The summed E-state index contributed by atoms with van der Waals surface area (Å²) in [5.41, 5.74) is 9.02. The molecule has 6 rings (SSSR count). The summed E-state index contributed by atoms with van der Waals surface area (Å²) in [5.74, 6) is 2.60. The highest BCUT2D eigenvalue weighted by Gasteiger charge is 2.67. The number of alkyl halides is 2. The highest BCUT2D eigenvalue weighted by atomic mass is 19.3. The summed E-state index contributed by atoms with van der Waals surface area (Å²) < 4.78 is 32.7. The number of anilines is 2. The van der Waals surface area contributed by atoms with Gasteiger partial charge in [0.15, 0.2) is 0 Å². The number of benzene rings is 1. The van der Waals surface area contributed by atoms with Gasteiger partial charge in [-0.2, -0.15) is 5.10 Å². The maximum Gasteiger partial charge on any atom is 0.258 e. The largest absolute Gasteiger partial charge is 0.497 e. The molecule has 182 valence electrons. The Balaban J connectivity index is 1.14. The molecule has 1 spiro atoms. The van der Waals surface area contributed by atoms with Crippen LogP contribution in [-0.2, 0) is 16.8 Å². The van der Waals surface area contributed by atoms with Crippen LogP contribution in [0.3, 0.4) is 0 Å². The van der Waals surface area contributed by atoms with Crippen LogP contribution >= 0.6 is 0 Å². The number of ether oxygens (including phenoxy) is 1. The van der Waals surface area contributed by atoms with Gasteiger partial charge in [-0.15, -0.1) is 0 Å². The minimum absolute atomic E-state index is 0.0635. The number of aromatic nitrogens is 2. The summed E-state index contributed by atoms with van der Waals surface area (Å²) in [7, 11) is 1.65. The lowest BCUT2D eigenvalue weighted by Gasteiger charge is -2.34. The average molecular weight is 473 g/mol. The number of nitrogens with zero attached hydrogens (tertiary/aromatic N) is 2. The Morgan fingerprint density at radius 1 is 1.29 bits per heavy atom. The molecular weight excluding hydrogens is 442 g/mol. The first kappa shape index (κ1) is 21.8. The number of methoxy groups -OCH3 is 1. The van der Waals surface area contributed by atoms with E-state index in [-0.39, 0.29) is 18.1 Å². The van der Waals surface area contributed by atoms with Crippen molar-refractivity contribution in [2.45, 2.75) is 63.2 Å². The third-order valence-electron chi connectivity index (χ3n) is 8.26. The molecule has 1 aromatic carbocycles. The van der Waals surface area contributed by atoms with Gasteiger partial charge in [0, 0.05) is 23.7 Å². The van der Waals surface area contributed by atoms with Gasteiger partial charge in [0.25, 0.3) is 6.43 Å². The topological polar surface area (TPSA) is 92.2 Å². The molecule has 3 heterocycles. The maximum absolute atomic E-state index is 13.0. The predicted octanol–water partition coefficient (Wildman–Crippen LogP) is 3.01. The Hall–Kier alpha value is -2.72. The maximum atomic E-state index is 13.0. The number of fused-ring (bicyclic) bond motifs is 3. The van der Waals surface area contributed by atoms with Crippen molar-refractivity contribution in [1.29, 1.82) is 0 Å². The van der Waals surface area contributed by atoms with E-state index in [1.165, 1.54) is 4.68 Å². The Morgan fingerprint density at radius 3 is 2.94 bits per heavy atom. The minimum Gasteiger partial charge on any atom is -0.497 e. The van der Waals surface area contributed by atoms with Crippen LogP contribution in [0.5, 0.6) is 5.75 Å². The Morgan fingerprint density at radius 2 is 2.15 bits per heavy atom. The molecule has 1 saturated heterocycles. The Bertz CT molecular complexity index is 1120. The van der Waals surface area contributed by atoms with Crippen molar-refractivity contribution in [3.8, 4) is 5.75 Å². The van der Waals surface area contributed by atoms with Crippen LogP contribution < -0.4 is 26.2 Å². The van der Waals surface area contributed by atoms with E-state index in [0.29, 0.717) is 29.3 Å². The molecule has 0 bridgehead atoms. The number of carbonyl (C=O) groups is 1. The molecule has 34 heavy (non-hydrogen) atoms. The predicted molar refractivity (Wildman–Crippen MR) is 123 cm³/mol. The Kier molecular flexibility index (Phi) is 5.07. The number of aryl methyl sites for hydroxylation is 1. The van der Waals surface area contributed by atoms with Crippen molar-refractivity contribution in [3.05, 3.63) is 35.5 Å². The first-order valence-corrected chi connectivity index (χ1v) is 12.0. The zero-order valence-corrected chi connectivity index (χ0v) is 19.3. The van der Waals surface area contributed by atoms with Crippen molar-refractivity contribution in [1.82, 2.24) is 20.6 Å². The summed E-state index contributed by atoms with van der Waals surface area (Å²) in [5, 5.41) is 10.7. The second-order valence-corrected chi connectivity index (χ2v) is 10.1. The average Bonchev–Trinajstić information content (AvgIpc) is 3.18. The minimum atomic E-state index is -2.46. The summed E-state index contributed by atoms with van der Waals surface area (Å²) in [6, 6.07) is 7.90. The SMILES string of the molecule is COc1ccc2c(c1)[C@]1(C[C@H]1C1CCC3C(C1)NNC3Nc1cc(C)nn1CC(F)F)C(=O)N2. The van der Waals surface area contributed by atoms with Crippen molar-refractivity contribution < 1.29 is 18.3 Å². The van der Waals surface area contributed by atoms with Crippen LogP contribution in [0.2, 0.25) is 0 Å². The molecule has 10 heteroatoms. The van der Waals surface area contributed by atoms with E-state index in [9.17, 15) is 13.6 Å². The van der Waals surface area contributed by atoms with Crippen molar-refractivity contribution in [2.24, 2.45) is 17.8 Å². The van der Waals surface area contributed by atoms with Crippen LogP contribution in [0, 0.1) is 24.7 Å². The summed E-state index contributed by atoms with van der Waals surface area (Å²) in [6.07, 6.45) is 1.37. The van der Waals surface area contributed by atoms with E-state index in [1.807, 2.05) is 18.2 Å². The standard InChI is InChI=1S/C24H30F2N6O2/c1-12-7-21(32(31-12)11-20(25)26)28-22-15-5-3-13(8-19(15)29-30-22)17-10-24(17)16-9-14(34-2)4-6-18(16)27-23(24)33/h4,6-7,9,13,15,17,19-20,22,28-30H,3,5,8,10-11H2,1-2H3,(H,27,33)/t13?,15?,17-,19?,22?,24-/m0/s1. The van der Waals surface area contributed by atoms with Gasteiger partial charge in [-0.05, 0) is 68.2 Å². The Labute approximate surface area is 196 Å². The second kappa shape index (κ2) is 7.91. The number of halogens is 2. The lowest BCUT2D eigenvalue weighted by Crippen LogP contribution is -2.39. The third-order valence-corrected chi connectivity index (χ3v) is 8.26. The molecule has 2 aliphatic heterocycles. The summed E-state index contributed by atoms with van der Waals surface area (Å²) in [4.78, 5) is 13.0. The van der Waals surface area contributed by atoms with Crippen molar-refractivity contribution >= 4 is 17.4 Å². The number of hydrogen-bond donors (Lipinski definition) is 4. The molecule has 4 aliphatic rings. The van der Waals surface area contributed by atoms with Gasteiger partial charge in [0.2, 0.25) is 5.91 Å². The van der Waals surface area contributed by atoms with E-state index in [2.05, 4.69) is 26.6 Å². The molecular formula is C24H30F2N6O2. The number of hydrogen-bond acceptors (Lipinski definition) is 6. The second-order valence-electron chi connectivity index (χ2n) is 10.1. The molecule has 4 unspecified atom stereocenters. The van der Waals surface area contributed by atoms with E-state index in [1.54, 1.807) is 20.1 Å². The molecule has 2 aromatic rings. The monoisotopic (exact) mass is 472 g/mol. The first-order valence-electron chi connectivity index (χ1n) is 12.0. The number of rotatable bonds is 6. The van der Waals surface area contributed by atoms with E-state index < -0.39 is 18.4 Å². The van der Waals surface area contributed by atoms with E-state index in [0.717, 1.165) is 42.7 Å². The van der Waals surface area contributed by atoms with Gasteiger partial charge >= 0.3 is 0 Å². The molecule has 6 atom stereocenters. The van der Waals surface area contributed by atoms with Crippen LogP contribution in [0.25, 0.3) is 0 Å². The fraction of sp³-hybridized carbons (Fsp3) is 0.583. The lowest BCUT2D eigenvalue weighted by molar-refractivity contribution is -0.118. The highest BCUT2D eigenvalue weighted by Crippen LogP contribution is 2.65. The fourth-order valence-corrected chi connectivity index (χ4v) is 6.61. The van der Waals surface area contributed by atoms with Gasteiger partial charge in [0.1, 0.15) is 18.1 Å². The molecule has 1 aromatic heterocycles. The molecule has 3 fully saturated rings. The third kappa shape index (κ3) is 3.38. The molecule has 2 aliphatic carbocycles. The molecule has 0 radical (unpaired) electrons. The lowest BCUT2D eigenvalue weighted by atomic mass is 9.74. The van der Waals surface area contributed by atoms with E-state index >= 15 is 0 Å². The van der Waals surface area contributed by atoms with Crippen molar-refractivity contribution in [2.75, 3.05) is 17.7 Å². The van der Waals surface area contributed by atoms with Crippen LogP contribution in [0.4, 0.5) is 20.3 Å². The number of hydrazine groups is 1. The number of carbonyl (C=O) groups excluding carboxylic acids is 1. The smallest absolute Gasteiger partial charge is 0.258 e. The van der Waals surface area contributed by atoms with Gasteiger partial charge in [-0.1, -0.05) is 0 Å². The van der Waals surface area contributed by atoms with Crippen LogP contribution in [0.15, 0.2) is 24.3 Å². The normalized spacial score (nSPS) is 33.7. The van der Waals surface area contributed by atoms with Gasteiger partial charge < -0.3 is 15.4 Å². The first-order chi connectivity index (χ1) is 16.4. The molecule has 2 saturated carbocycles. The zero-order chi connectivity index (χ0) is 23.6. The van der Waals surface area contributed by atoms with E-state index in [4.69, 9.17) is 4.74 Å². The van der Waals surface area contributed by atoms with Gasteiger partial charge in [-0.3, -0.25) is 10.2 Å². The van der Waals surface area contributed by atoms with Crippen LogP contribution in [0.1, 0.15) is 36.9 Å². The molecule has 1 amide bonds.